The van der Waals surface area contributed by atoms with Crippen LogP contribution in [0.4, 0.5) is 0 Å². The van der Waals surface area contributed by atoms with Crippen molar-refractivity contribution in [2.24, 2.45) is 0 Å². The van der Waals surface area contributed by atoms with Crippen molar-refractivity contribution in [1.82, 2.24) is 5.32 Å². The van der Waals surface area contributed by atoms with Crippen LogP contribution in [0.1, 0.15) is 20.3 Å². The van der Waals surface area contributed by atoms with E-state index < -0.39 is 0 Å². The molecule has 0 aromatic carbocycles. The third kappa shape index (κ3) is 4.99. The standard InChI is InChI=1S/C10H19NO3/c1-4-9(10(13)14-3)5-6-11-8(2)7-12/h5,8,11-12H,4,6-7H2,1-3H3. The van der Waals surface area contributed by atoms with Crippen molar-refractivity contribution in [3.8, 4) is 0 Å². The van der Waals surface area contributed by atoms with Gasteiger partial charge in [0, 0.05) is 18.2 Å². The summed E-state index contributed by atoms with van der Waals surface area (Å²) in [5, 5.41) is 11.8. The lowest BCUT2D eigenvalue weighted by atomic mass is 10.2. The van der Waals surface area contributed by atoms with Crippen LogP contribution in [0, 0.1) is 0 Å². The second-order valence-corrected chi connectivity index (χ2v) is 3.07. The predicted molar refractivity (Wildman–Crippen MR) is 54.9 cm³/mol. The number of methoxy groups -OCH3 is 1. The van der Waals surface area contributed by atoms with Gasteiger partial charge in [0.1, 0.15) is 0 Å². The van der Waals surface area contributed by atoms with Gasteiger partial charge >= 0.3 is 5.97 Å². The summed E-state index contributed by atoms with van der Waals surface area (Å²) in [5.41, 5.74) is 0.658. The van der Waals surface area contributed by atoms with Gasteiger partial charge in [0.05, 0.1) is 13.7 Å². The Labute approximate surface area is 85.0 Å². The molecule has 0 radical (unpaired) electrons. The molecular weight excluding hydrogens is 182 g/mol. The van der Waals surface area contributed by atoms with E-state index in [1.165, 1.54) is 7.11 Å². The van der Waals surface area contributed by atoms with E-state index in [-0.39, 0.29) is 18.6 Å². The summed E-state index contributed by atoms with van der Waals surface area (Å²) >= 11 is 0. The molecule has 0 aliphatic heterocycles. The number of aliphatic hydroxyl groups is 1. The molecule has 0 aromatic heterocycles. The maximum atomic E-state index is 11.1. The van der Waals surface area contributed by atoms with E-state index in [0.29, 0.717) is 18.5 Å². The Bertz CT molecular complexity index is 202. The van der Waals surface area contributed by atoms with E-state index >= 15 is 0 Å². The monoisotopic (exact) mass is 201 g/mol. The average molecular weight is 201 g/mol. The number of ether oxygens (including phenoxy) is 1. The van der Waals surface area contributed by atoms with Crippen molar-refractivity contribution in [1.29, 1.82) is 0 Å². The van der Waals surface area contributed by atoms with Crippen LogP contribution >= 0.6 is 0 Å². The number of carbonyl (C=O) groups is 1. The van der Waals surface area contributed by atoms with E-state index in [0.717, 1.165) is 0 Å². The summed E-state index contributed by atoms with van der Waals surface area (Å²) < 4.78 is 4.60. The van der Waals surface area contributed by atoms with Crippen LogP contribution in [0.3, 0.4) is 0 Å². The first kappa shape index (κ1) is 13.1. The molecular formula is C10H19NO3. The summed E-state index contributed by atoms with van der Waals surface area (Å²) in [6.45, 7) is 4.43. The summed E-state index contributed by atoms with van der Waals surface area (Å²) in [6.07, 6.45) is 2.44. The van der Waals surface area contributed by atoms with E-state index in [9.17, 15) is 4.79 Å². The van der Waals surface area contributed by atoms with Crippen LogP contribution in [0.5, 0.6) is 0 Å². The highest BCUT2D eigenvalue weighted by Crippen LogP contribution is 2.01. The summed E-state index contributed by atoms with van der Waals surface area (Å²) in [4.78, 5) is 11.1. The van der Waals surface area contributed by atoms with Gasteiger partial charge < -0.3 is 15.2 Å². The Morgan fingerprint density at radius 1 is 1.64 bits per heavy atom. The quantitative estimate of drug-likeness (QED) is 0.484. The third-order valence-electron chi connectivity index (χ3n) is 1.92. The molecule has 4 nitrogen and oxygen atoms in total. The molecule has 1 atom stereocenters. The zero-order valence-corrected chi connectivity index (χ0v) is 9.04. The number of esters is 1. The van der Waals surface area contributed by atoms with Gasteiger partial charge in [-0.2, -0.15) is 0 Å². The second kappa shape index (κ2) is 7.53. The lowest BCUT2D eigenvalue weighted by Crippen LogP contribution is -2.29. The van der Waals surface area contributed by atoms with Crippen LogP contribution < -0.4 is 5.32 Å². The molecule has 4 heteroatoms. The molecule has 0 rings (SSSR count). The predicted octanol–water partition coefficient (Wildman–Crippen LogP) is 0.466. The molecule has 0 aliphatic carbocycles. The van der Waals surface area contributed by atoms with Crippen molar-refractivity contribution in [2.45, 2.75) is 26.3 Å². The fourth-order valence-corrected chi connectivity index (χ4v) is 0.951. The lowest BCUT2D eigenvalue weighted by Gasteiger charge is -2.08. The molecule has 82 valence electrons. The van der Waals surface area contributed by atoms with E-state index in [2.05, 4.69) is 10.1 Å². The minimum absolute atomic E-state index is 0.0435. The maximum absolute atomic E-state index is 11.1. The summed E-state index contributed by atoms with van der Waals surface area (Å²) in [7, 11) is 1.37. The molecule has 0 amide bonds. The van der Waals surface area contributed by atoms with Crippen LogP contribution in [-0.4, -0.2) is 37.4 Å². The number of rotatable bonds is 6. The number of nitrogens with one attached hydrogen (secondary N) is 1. The molecule has 1 unspecified atom stereocenters. The van der Waals surface area contributed by atoms with Crippen molar-refractivity contribution in [2.75, 3.05) is 20.3 Å². The molecule has 0 bridgehead atoms. The first-order chi connectivity index (χ1) is 6.65. The zero-order valence-electron chi connectivity index (χ0n) is 9.04. The van der Waals surface area contributed by atoms with Crippen molar-refractivity contribution in [3.05, 3.63) is 11.6 Å². The van der Waals surface area contributed by atoms with Crippen molar-refractivity contribution < 1.29 is 14.6 Å². The van der Waals surface area contributed by atoms with E-state index in [4.69, 9.17) is 5.11 Å². The van der Waals surface area contributed by atoms with Gasteiger partial charge in [-0.25, -0.2) is 4.79 Å². The Balaban J connectivity index is 3.99. The van der Waals surface area contributed by atoms with Gasteiger partial charge in [-0.1, -0.05) is 13.0 Å². The fourth-order valence-electron chi connectivity index (χ4n) is 0.951. The van der Waals surface area contributed by atoms with Gasteiger partial charge in [0.15, 0.2) is 0 Å². The van der Waals surface area contributed by atoms with Gasteiger partial charge in [-0.15, -0.1) is 0 Å². The molecule has 0 aliphatic rings. The van der Waals surface area contributed by atoms with Gasteiger partial charge in [0.25, 0.3) is 0 Å². The number of aliphatic hydroxyl groups excluding tert-OH is 1. The minimum Gasteiger partial charge on any atom is -0.466 e. The zero-order chi connectivity index (χ0) is 11.0. The molecule has 2 N–H and O–H groups in total. The molecule has 0 saturated heterocycles. The Hall–Kier alpha value is -0.870. The minimum atomic E-state index is -0.286. The highest BCUT2D eigenvalue weighted by Gasteiger charge is 2.05. The number of carbonyl (C=O) groups excluding carboxylic acids is 1. The average Bonchev–Trinajstić information content (AvgIpc) is 2.22. The Morgan fingerprint density at radius 2 is 2.29 bits per heavy atom. The lowest BCUT2D eigenvalue weighted by molar-refractivity contribution is -0.136. The first-order valence-electron chi connectivity index (χ1n) is 4.77. The van der Waals surface area contributed by atoms with Gasteiger partial charge in [-0.05, 0) is 13.3 Å². The van der Waals surface area contributed by atoms with E-state index in [1.54, 1.807) is 6.08 Å². The summed E-state index contributed by atoms with van der Waals surface area (Å²) in [5.74, 6) is -0.286. The highest BCUT2D eigenvalue weighted by molar-refractivity contribution is 5.88. The molecule has 0 heterocycles. The van der Waals surface area contributed by atoms with Gasteiger partial charge in [0.2, 0.25) is 0 Å². The molecule has 0 fully saturated rings. The molecule has 0 aromatic rings. The number of hydrogen-bond donors (Lipinski definition) is 2. The van der Waals surface area contributed by atoms with Crippen LogP contribution in [0.2, 0.25) is 0 Å². The van der Waals surface area contributed by atoms with Crippen molar-refractivity contribution >= 4 is 5.97 Å². The Morgan fingerprint density at radius 3 is 2.71 bits per heavy atom. The topological polar surface area (TPSA) is 58.6 Å². The Kier molecular flexibility index (Phi) is 7.06. The molecule has 0 spiro atoms. The molecule has 0 saturated carbocycles. The molecule has 14 heavy (non-hydrogen) atoms. The summed E-state index contributed by atoms with van der Waals surface area (Å²) in [6, 6.07) is 0.0435. The smallest absolute Gasteiger partial charge is 0.333 e. The SMILES string of the molecule is CCC(=CCNC(C)CO)C(=O)OC. The fraction of sp³-hybridized carbons (Fsp3) is 0.700. The van der Waals surface area contributed by atoms with Gasteiger partial charge in [-0.3, -0.25) is 0 Å². The van der Waals surface area contributed by atoms with Crippen LogP contribution in [0.25, 0.3) is 0 Å². The maximum Gasteiger partial charge on any atom is 0.333 e. The second-order valence-electron chi connectivity index (χ2n) is 3.07. The largest absolute Gasteiger partial charge is 0.466 e. The van der Waals surface area contributed by atoms with E-state index in [1.807, 2.05) is 13.8 Å². The highest BCUT2D eigenvalue weighted by atomic mass is 16.5. The third-order valence-corrected chi connectivity index (χ3v) is 1.92. The van der Waals surface area contributed by atoms with Crippen LogP contribution in [-0.2, 0) is 9.53 Å². The first-order valence-corrected chi connectivity index (χ1v) is 4.77. The van der Waals surface area contributed by atoms with Crippen molar-refractivity contribution in [3.63, 3.8) is 0 Å². The van der Waals surface area contributed by atoms with Crippen LogP contribution in [0.15, 0.2) is 11.6 Å². The number of hydrogen-bond acceptors (Lipinski definition) is 4. The normalized spacial score (nSPS) is 13.9.